The van der Waals surface area contributed by atoms with E-state index >= 15 is 0 Å². The first-order valence-electron chi connectivity index (χ1n) is 12.6. The number of anilines is 1. The molecule has 0 spiro atoms. The van der Waals surface area contributed by atoms with E-state index in [0.29, 0.717) is 24.6 Å². The highest BCUT2D eigenvalue weighted by Gasteiger charge is 2.48. The molecule has 1 unspecified atom stereocenters. The number of fused-ring (bicyclic) bond motifs is 1. The van der Waals surface area contributed by atoms with Crippen molar-refractivity contribution >= 4 is 23.3 Å². The molecule has 2 amide bonds. The van der Waals surface area contributed by atoms with Crippen LogP contribution in [-0.2, 0) is 14.3 Å². The molecule has 0 aliphatic carbocycles. The molecule has 0 saturated carbocycles. The quantitative estimate of drug-likeness (QED) is 0.656. The Morgan fingerprint density at radius 2 is 1.74 bits per heavy atom. The van der Waals surface area contributed by atoms with Gasteiger partial charge in [-0.05, 0) is 50.5 Å². The molecule has 4 atom stereocenters. The lowest BCUT2D eigenvalue weighted by Crippen LogP contribution is -2.54. The van der Waals surface area contributed by atoms with Crippen molar-refractivity contribution in [2.75, 3.05) is 44.2 Å². The summed E-state index contributed by atoms with van der Waals surface area (Å²) in [5.74, 6) is -0.549. The van der Waals surface area contributed by atoms with Crippen LogP contribution >= 0.6 is 0 Å². The van der Waals surface area contributed by atoms with Crippen molar-refractivity contribution in [3.8, 4) is 0 Å². The number of rotatable bonds is 7. The van der Waals surface area contributed by atoms with Crippen molar-refractivity contribution in [1.29, 1.82) is 0 Å². The number of Topliss-reactive ketones (excluding diaryl/α,β-unsaturated/α-hetero) is 1. The molecule has 3 saturated heterocycles. The molecule has 4 rings (SSSR count). The summed E-state index contributed by atoms with van der Waals surface area (Å²) in [5.41, 5.74) is 1.64. The van der Waals surface area contributed by atoms with Crippen molar-refractivity contribution in [3.05, 3.63) is 29.8 Å². The van der Waals surface area contributed by atoms with Gasteiger partial charge in [0.1, 0.15) is 18.7 Å². The standard InChI is InChI=1S/C26H38N4O4/c1-5-18(4)23(26(33)30-11-10-22-24(30)21(31)16-34-22)27-25(32)19-6-8-20(9-7-19)29-14-12-28(13-15-29)17(2)3/h6-9,17-18,22-24H,5,10-16H2,1-4H3,(H,27,32)/t18-,22+,23?,24+/m0/s1. The Hall–Kier alpha value is -2.45. The van der Waals surface area contributed by atoms with Gasteiger partial charge in [0.25, 0.3) is 5.91 Å². The van der Waals surface area contributed by atoms with Crippen LogP contribution in [0.4, 0.5) is 5.69 Å². The zero-order chi connectivity index (χ0) is 24.4. The molecule has 1 N–H and O–H groups in total. The van der Waals surface area contributed by atoms with E-state index in [2.05, 4.69) is 29.0 Å². The number of amides is 2. The predicted molar refractivity (Wildman–Crippen MR) is 131 cm³/mol. The van der Waals surface area contributed by atoms with Gasteiger partial charge in [-0.1, -0.05) is 20.3 Å². The van der Waals surface area contributed by atoms with E-state index in [-0.39, 0.29) is 36.2 Å². The van der Waals surface area contributed by atoms with Crippen molar-refractivity contribution in [2.45, 2.75) is 64.8 Å². The second-order valence-corrected chi connectivity index (χ2v) is 10.1. The third kappa shape index (κ3) is 4.98. The fourth-order valence-corrected chi connectivity index (χ4v) is 5.25. The summed E-state index contributed by atoms with van der Waals surface area (Å²) in [6.07, 6.45) is 1.19. The number of nitrogens with one attached hydrogen (secondary N) is 1. The number of carbonyl (C=O) groups is 3. The highest BCUT2D eigenvalue weighted by atomic mass is 16.5. The maximum absolute atomic E-state index is 13.4. The molecule has 3 aliphatic heterocycles. The molecule has 0 bridgehead atoms. The molecule has 8 heteroatoms. The maximum Gasteiger partial charge on any atom is 0.251 e. The number of benzene rings is 1. The second-order valence-electron chi connectivity index (χ2n) is 10.1. The molecule has 1 aromatic carbocycles. The molecule has 3 aliphatic rings. The lowest BCUT2D eigenvalue weighted by atomic mass is 9.96. The van der Waals surface area contributed by atoms with Crippen LogP contribution in [0.5, 0.6) is 0 Å². The van der Waals surface area contributed by atoms with Crippen LogP contribution in [0, 0.1) is 5.92 Å². The fraction of sp³-hybridized carbons (Fsp3) is 0.654. The molecule has 3 heterocycles. The van der Waals surface area contributed by atoms with Crippen molar-refractivity contribution < 1.29 is 19.1 Å². The van der Waals surface area contributed by atoms with E-state index in [0.717, 1.165) is 38.3 Å². The summed E-state index contributed by atoms with van der Waals surface area (Å²) in [7, 11) is 0. The Morgan fingerprint density at radius 1 is 1.06 bits per heavy atom. The second kappa shape index (κ2) is 10.4. The first-order chi connectivity index (χ1) is 16.3. The minimum atomic E-state index is -0.673. The number of ether oxygens (including phenoxy) is 1. The summed E-state index contributed by atoms with van der Waals surface area (Å²) >= 11 is 0. The zero-order valence-electron chi connectivity index (χ0n) is 20.8. The molecule has 186 valence electrons. The van der Waals surface area contributed by atoms with Crippen molar-refractivity contribution in [2.24, 2.45) is 5.92 Å². The van der Waals surface area contributed by atoms with Crippen LogP contribution in [-0.4, -0.2) is 91.0 Å². The summed E-state index contributed by atoms with van der Waals surface area (Å²) < 4.78 is 5.53. The normalized spacial score (nSPS) is 24.9. The largest absolute Gasteiger partial charge is 0.369 e. The number of hydrogen-bond acceptors (Lipinski definition) is 6. The summed E-state index contributed by atoms with van der Waals surface area (Å²) in [5, 5.41) is 2.97. The van der Waals surface area contributed by atoms with E-state index in [4.69, 9.17) is 4.74 Å². The van der Waals surface area contributed by atoms with Crippen LogP contribution < -0.4 is 10.2 Å². The topological polar surface area (TPSA) is 82.2 Å². The van der Waals surface area contributed by atoms with E-state index < -0.39 is 12.1 Å². The van der Waals surface area contributed by atoms with Gasteiger partial charge in [-0.3, -0.25) is 19.3 Å². The predicted octanol–water partition coefficient (Wildman–Crippen LogP) is 1.93. The number of nitrogens with zero attached hydrogens (tertiary/aromatic N) is 3. The van der Waals surface area contributed by atoms with Crippen LogP contribution in [0.25, 0.3) is 0 Å². The van der Waals surface area contributed by atoms with E-state index in [1.54, 1.807) is 4.90 Å². The summed E-state index contributed by atoms with van der Waals surface area (Å²) in [6.45, 7) is 13.0. The minimum absolute atomic E-state index is 0.0464. The van der Waals surface area contributed by atoms with Crippen LogP contribution in [0.15, 0.2) is 24.3 Å². The van der Waals surface area contributed by atoms with Gasteiger partial charge in [-0.25, -0.2) is 0 Å². The molecule has 8 nitrogen and oxygen atoms in total. The van der Waals surface area contributed by atoms with Crippen LogP contribution in [0.3, 0.4) is 0 Å². The molecular formula is C26H38N4O4. The highest BCUT2D eigenvalue weighted by molar-refractivity contribution is 5.99. The van der Waals surface area contributed by atoms with Gasteiger partial charge in [0, 0.05) is 50.0 Å². The Labute approximate surface area is 202 Å². The van der Waals surface area contributed by atoms with E-state index in [1.165, 1.54) is 0 Å². The molecule has 0 radical (unpaired) electrons. The number of carbonyl (C=O) groups excluding carboxylic acids is 3. The molecule has 34 heavy (non-hydrogen) atoms. The Kier molecular flexibility index (Phi) is 7.57. The van der Waals surface area contributed by atoms with Crippen LogP contribution in [0.2, 0.25) is 0 Å². The Morgan fingerprint density at radius 3 is 2.35 bits per heavy atom. The summed E-state index contributed by atoms with van der Waals surface area (Å²) in [6, 6.07) is 7.01. The third-order valence-corrected chi connectivity index (χ3v) is 7.70. The van der Waals surface area contributed by atoms with Gasteiger partial charge in [-0.2, -0.15) is 0 Å². The number of hydrogen-bond donors (Lipinski definition) is 1. The smallest absolute Gasteiger partial charge is 0.251 e. The average Bonchev–Trinajstić information content (AvgIpc) is 3.44. The van der Waals surface area contributed by atoms with Gasteiger partial charge in [0.05, 0.1) is 6.10 Å². The fourth-order valence-electron chi connectivity index (χ4n) is 5.25. The SMILES string of the molecule is CC[C@H](C)C(NC(=O)c1ccc(N2CCN(C(C)C)CC2)cc1)C(=O)N1CC[C@H]2OCC(=O)[C@H]21. The first-order valence-corrected chi connectivity index (χ1v) is 12.6. The maximum atomic E-state index is 13.4. The Bertz CT molecular complexity index is 895. The summed E-state index contributed by atoms with van der Waals surface area (Å²) in [4.78, 5) is 45.2. The number of likely N-dealkylation sites (tertiary alicyclic amines) is 1. The average molecular weight is 471 g/mol. The van der Waals surface area contributed by atoms with Crippen molar-refractivity contribution in [3.63, 3.8) is 0 Å². The molecule has 0 aromatic heterocycles. The Balaban J connectivity index is 1.41. The van der Waals surface area contributed by atoms with E-state index in [1.807, 2.05) is 38.1 Å². The molecule has 3 fully saturated rings. The highest BCUT2D eigenvalue weighted by Crippen LogP contribution is 2.28. The molecular weight excluding hydrogens is 432 g/mol. The van der Waals surface area contributed by atoms with Crippen molar-refractivity contribution in [1.82, 2.24) is 15.1 Å². The lowest BCUT2D eigenvalue weighted by Gasteiger charge is -2.38. The zero-order valence-corrected chi connectivity index (χ0v) is 20.8. The third-order valence-electron chi connectivity index (χ3n) is 7.70. The van der Waals surface area contributed by atoms with Crippen LogP contribution in [0.1, 0.15) is 50.9 Å². The molecule has 1 aromatic rings. The monoisotopic (exact) mass is 470 g/mol. The van der Waals surface area contributed by atoms with Gasteiger partial charge < -0.3 is 19.9 Å². The van der Waals surface area contributed by atoms with Gasteiger partial charge in [-0.15, -0.1) is 0 Å². The van der Waals surface area contributed by atoms with Gasteiger partial charge >= 0.3 is 0 Å². The van der Waals surface area contributed by atoms with Gasteiger partial charge in [0.15, 0.2) is 5.78 Å². The lowest BCUT2D eigenvalue weighted by molar-refractivity contribution is -0.139. The van der Waals surface area contributed by atoms with E-state index in [9.17, 15) is 14.4 Å². The first kappa shape index (κ1) is 24.7. The number of ketones is 1. The van der Waals surface area contributed by atoms with Gasteiger partial charge in [0.2, 0.25) is 5.91 Å². The number of piperazine rings is 1. The minimum Gasteiger partial charge on any atom is -0.369 e.